The number of hydrogen-bond acceptors (Lipinski definition) is 4. The van der Waals surface area contributed by atoms with Crippen molar-refractivity contribution < 1.29 is 14.7 Å². The van der Waals surface area contributed by atoms with Gasteiger partial charge in [0.25, 0.3) is 0 Å². The third-order valence-electron chi connectivity index (χ3n) is 4.85. The van der Waals surface area contributed by atoms with Gasteiger partial charge < -0.3 is 10.0 Å². The number of hydrogen-bond donors (Lipinski definition) is 1. The zero-order chi connectivity index (χ0) is 18.4. The van der Waals surface area contributed by atoms with Crippen molar-refractivity contribution in [3.8, 4) is 5.69 Å². The normalized spacial score (nSPS) is 17.2. The van der Waals surface area contributed by atoms with Crippen molar-refractivity contribution in [2.75, 3.05) is 6.54 Å². The van der Waals surface area contributed by atoms with Crippen LogP contribution in [0, 0.1) is 0 Å². The van der Waals surface area contributed by atoms with Gasteiger partial charge >= 0.3 is 5.97 Å². The molecular weight excluding hydrogens is 332 g/mol. The minimum Gasteiger partial charge on any atom is -0.481 e. The summed E-state index contributed by atoms with van der Waals surface area (Å²) < 4.78 is 1.89. The predicted molar refractivity (Wildman–Crippen MR) is 95.9 cm³/mol. The second-order valence-electron chi connectivity index (χ2n) is 6.62. The maximum Gasteiger partial charge on any atom is 0.303 e. The molecule has 1 aliphatic rings. The smallest absolute Gasteiger partial charge is 0.303 e. The Balaban J connectivity index is 1.61. The van der Waals surface area contributed by atoms with Crippen LogP contribution in [0.15, 0.2) is 36.7 Å². The second-order valence-corrected chi connectivity index (χ2v) is 6.62. The number of carboxylic acids is 1. The lowest BCUT2D eigenvalue weighted by Crippen LogP contribution is -2.44. The van der Waals surface area contributed by atoms with E-state index in [-0.39, 0.29) is 18.4 Å². The number of likely N-dealkylation sites (tertiary alicyclic amines) is 1. The topological polar surface area (TPSA) is 88.3 Å². The molecule has 7 heteroatoms. The molecule has 0 spiro atoms. The van der Waals surface area contributed by atoms with Crippen LogP contribution in [0.1, 0.15) is 44.3 Å². The van der Waals surface area contributed by atoms with Crippen LogP contribution in [-0.4, -0.2) is 49.2 Å². The van der Waals surface area contributed by atoms with Crippen LogP contribution in [0.3, 0.4) is 0 Å². The van der Waals surface area contributed by atoms with Crippen molar-refractivity contribution in [2.24, 2.45) is 0 Å². The highest BCUT2D eigenvalue weighted by Crippen LogP contribution is 2.22. The largest absolute Gasteiger partial charge is 0.481 e. The molecule has 0 aliphatic carbocycles. The maximum absolute atomic E-state index is 12.7. The Bertz CT molecular complexity index is 744. The molecule has 1 fully saturated rings. The number of aromatic nitrogens is 3. The van der Waals surface area contributed by atoms with Crippen LogP contribution in [0.25, 0.3) is 5.69 Å². The summed E-state index contributed by atoms with van der Waals surface area (Å²) >= 11 is 0. The Kier molecular flexibility index (Phi) is 5.99. The number of carboxylic acid groups (broad SMARTS) is 1. The first-order valence-electron chi connectivity index (χ1n) is 9.10. The van der Waals surface area contributed by atoms with E-state index in [0.29, 0.717) is 25.8 Å². The number of carbonyl (C=O) groups excluding carboxylic acids is 1. The van der Waals surface area contributed by atoms with Gasteiger partial charge in [-0.3, -0.25) is 14.2 Å². The maximum atomic E-state index is 12.7. The van der Waals surface area contributed by atoms with Gasteiger partial charge in [-0.25, -0.2) is 0 Å². The molecule has 0 saturated carbocycles. The summed E-state index contributed by atoms with van der Waals surface area (Å²) in [5.74, 6) is 0.0188. The molecule has 0 bridgehead atoms. The van der Waals surface area contributed by atoms with E-state index in [0.717, 1.165) is 30.8 Å². The SMILES string of the molecule is O=C(O)CCC1CCCCN1C(=O)CCc1nncn1-c1ccccc1. The average Bonchev–Trinajstić information content (AvgIpc) is 3.14. The average molecular weight is 356 g/mol. The Labute approximate surface area is 152 Å². The molecule has 1 unspecified atom stereocenters. The van der Waals surface area contributed by atoms with Crippen LogP contribution in [0.4, 0.5) is 0 Å². The molecule has 0 radical (unpaired) electrons. The number of piperidine rings is 1. The van der Waals surface area contributed by atoms with E-state index >= 15 is 0 Å². The fraction of sp³-hybridized carbons (Fsp3) is 0.474. The molecule has 1 aromatic heterocycles. The van der Waals surface area contributed by atoms with Gasteiger partial charge in [-0.15, -0.1) is 10.2 Å². The summed E-state index contributed by atoms with van der Waals surface area (Å²) in [7, 11) is 0. The van der Waals surface area contributed by atoms with Crippen molar-refractivity contribution in [3.63, 3.8) is 0 Å². The summed E-state index contributed by atoms with van der Waals surface area (Å²) in [6.07, 6.45) is 6.08. The number of carbonyl (C=O) groups is 2. The van der Waals surface area contributed by atoms with E-state index in [4.69, 9.17) is 5.11 Å². The van der Waals surface area contributed by atoms with E-state index in [1.54, 1.807) is 6.33 Å². The Morgan fingerprint density at radius 3 is 2.73 bits per heavy atom. The molecular formula is C19H24N4O3. The minimum atomic E-state index is -0.807. The lowest BCUT2D eigenvalue weighted by atomic mass is 9.97. The first kappa shape index (κ1) is 18.1. The quantitative estimate of drug-likeness (QED) is 0.823. The van der Waals surface area contributed by atoms with Crippen molar-refractivity contribution in [3.05, 3.63) is 42.5 Å². The molecule has 1 N–H and O–H groups in total. The number of benzene rings is 1. The molecule has 1 aromatic carbocycles. The zero-order valence-corrected chi connectivity index (χ0v) is 14.8. The first-order chi connectivity index (χ1) is 12.6. The van der Waals surface area contributed by atoms with Crippen molar-refractivity contribution in [1.29, 1.82) is 0 Å². The molecule has 1 aliphatic heterocycles. The molecule has 2 aromatic rings. The predicted octanol–water partition coefficient (Wildman–Crippen LogP) is 2.45. The minimum absolute atomic E-state index is 0.0411. The zero-order valence-electron chi connectivity index (χ0n) is 14.8. The van der Waals surface area contributed by atoms with Gasteiger partial charge in [0.05, 0.1) is 0 Å². The summed E-state index contributed by atoms with van der Waals surface area (Å²) in [6, 6.07) is 9.84. The number of para-hydroxylation sites is 1. The molecule has 3 rings (SSSR count). The molecule has 2 heterocycles. The molecule has 7 nitrogen and oxygen atoms in total. The van der Waals surface area contributed by atoms with E-state index < -0.39 is 5.97 Å². The summed E-state index contributed by atoms with van der Waals surface area (Å²) in [5, 5.41) is 17.0. The lowest BCUT2D eigenvalue weighted by molar-refractivity contribution is -0.140. The molecule has 1 amide bonds. The standard InChI is InChI=1S/C19H24N4O3/c24-18(22-13-5-4-8-16(22)9-12-19(25)26)11-10-17-21-20-14-23(17)15-6-2-1-3-7-15/h1-3,6-7,14,16H,4-5,8-13H2,(H,25,26). The van der Waals surface area contributed by atoms with Gasteiger partial charge in [0, 0.05) is 37.5 Å². The van der Waals surface area contributed by atoms with Gasteiger partial charge in [-0.2, -0.15) is 0 Å². The Morgan fingerprint density at radius 2 is 1.96 bits per heavy atom. The van der Waals surface area contributed by atoms with Crippen molar-refractivity contribution in [1.82, 2.24) is 19.7 Å². The van der Waals surface area contributed by atoms with Crippen LogP contribution in [0.5, 0.6) is 0 Å². The molecule has 1 atom stereocenters. The van der Waals surface area contributed by atoms with E-state index in [1.165, 1.54) is 0 Å². The summed E-state index contributed by atoms with van der Waals surface area (Å²) in [5.41, 5.74) is 0.970. The summed E-state index contributed by atoms with van der Waals surface area (Å²) in [4.78, 5) is 25.4. The van der Waals surface area contributed by atoms with Gasteiger partial charge in [-0.05, 0) is 37.8 Å². The van der Waals surface area contributed by atoms with Crippen LogP contribution in [-0.2, 0) is 16.0 Å². The second kappa shape index (κ2) is 8.60. The van der Waals surface area contributed by atoms with Crippen LogP contribution in [0.2, 0.25) is 0 Å². The monoisotopic (exact) mass is 356 g/mol. The van der Waals surface area contributed by atoms with Crippen molar-refractivity contribution in [2.45, 2.75) is 51.0 Å². The number of aliphatic carboxylic acids is 1. The number of rotatable bonds is 7. The third kappa shape index (κ3) is 4.47. The van der Waals surface area contributed by atoms with Crippen molar-refractivity contribution >= 4 is 11.9 Å². The number of nitrogens with zero attached hydrogens (tertiary/aromatic N) is 4. The molecule has 138 valence electrons. The molecule has 1 saturated heterocycles. The van der Waals surface area contributed by atoms with Gasteiger partial charge in [0.1, 0.15) is 12.2 Å². The van der Waals surface area contributed by atoms with Crippen LogP contribution < -0.4 is 0 Å². The number of amides is 1. The van der Waals surface area contributed by atoms with Gasteiger partial charge in [-0.1, -0.05) is 18.2 Å². The first-order valence-corrected chi connectivity index (χ1v) is 9.10. The van der Waals surface area contributed by atoms with Crippen LogP contribution >= 0.6 is 0 Å². The molecule has 26 heavy (non-hydrogen) atoms. The van der Waals surface area contributed by atoms with Gasteiger partial charge in [0.15, 0.2) is 0 Å². The van der Waals surface area contributed by atoms with Gasteiger partial charge in [0.2, 0.25) is 5.91 Å². The fourth-order valence-corrected chi connectivity index (χ4v) is 3.52. The Hall–Kier alpha value is -2.70. The summed E-state index contributed by atoms with van der Waals surface area (Å²) in [6.45, 7) is 0.717. The van der Waals surface area contributed by atoms with E-state index in [9.17, 15) is 9.59 Å². The highest BCUT2D eigenvalue weighted by molar-refractivity contribution is 5.77. The van der Waals surface area contributed by atoms with E-state index in [1.807, 2.05) is 39.8 Å². The fourth-order valence-electron chi connectivity index (χ4n) is 3.52. The Morgan fingerprint density at radius 1 is 1.15 bits per heavy atom. The lowest BCUT2D eigenvalue weighted by Gasteiger charge is -2.35. The highest BCUT2D eigenvalue weighted by atomic mass is 16.4. The highest BCUT2D eigenvalue weighted by Gasteiger charge is 2.27. The van der Waals surface area contributed by atoms with E-state index in [2.05, 4.69) is 10.2 Å². The number of aryl methyl sites for hydroxylation is 1. The third-order valence-corrected chi connectivity index (χ3v) is 4.85.